The molecule has 0 aliphatic carbocycles. The number of carbonyl (C=O) groups is 4. The van der Waals surface area contributed by atoms with Crippen molar-refractivity contribution in [3.63, 3.8) is 0 Å². The number of carbonyl (C=O) groups excluding carboxylic acids is 3. The molecule has 1 fully saturated rings. The van der Waals surface area contributed by atoms with Crippen molar-refractivity contribution < 1.29 is 24.3 Å². The average molecular weight is 520 g/mol. The number of aromatic nitrogens is 4. The van der Waals surface area contributed by atoms with Gasteiger partial charge >= 0.3 is 12.0 Å². The fourth-order valence-electron chi connectivity index (χ4n) is 3.60. The van der Waals surface area contributed by atoms with Gasteiger partial charge in [-0.15, -0.1) is 16.9 Å². The predicted molar refractivity (Wildman–Crippen MR) is 126 cm³/mol. The molecule has 4 rings (SSSR count). The van der Waals surface area contributed by atoms with Crippen molar-refractivity contribution in [2.45, 2.75) is 22.6 Å². The fourth-order valence-corrected chi connectivity index (χ4v) is 5.93. The SMILES string of the molecule is Cn1nnnc1SCC1=C(C(=O)O)N2C(=O)C(NC(=O)C(N)c3ccc(NC(N)=O)cc3)[C@H]2SC1. The maximum absolute atomic E-state index is 12.8. The van der Waals surface area contributed by atoms with Crippen LogP contribution in [0.3, 0.4) is 0 Å². The molecule has 2 aliphatic heterocycles. The Kier molecular flexibility index (Phi) is 6.95. The van der Waals surface area contributed by atoms with E-state index in [1.165, 1.54) is 33.1 Å². The maximum Gasteiger partial charge on any atom is 0.352 e. The van der Waals surface area contributed by atoms with Gasteiger partial charge in [-0.1, -0.05) is 23.9 Å². The number of fused-ring (bicyclic) bond motifs is 1. The predicted octanol–water partition coefficient (Wildman–Crippen LogP) is -0.769. The molecule has 0 saturated carbocycles. The number of β-lactam (4-membered cyclic amide) rings is 1. The Morgan fingerprint density at radius 3 is 2.63 bits per heavy atom. The summed E-state index contributed by atoms with van der Waals surface area (Å²) in [6.07, 6.45) is 0. The molecule has 3 heterocycles. The number of hydrogen-bond acceptors (Lipinski definition) is 10. The molecular weight excluding hydrogens is 498 g/mol. The molecule has 14 nitrogen and oxygen atoms in total. The second kappa shape index (κ2) is 9.93. The van der Waals surface area contributed by atoms with E-state index in [1.807, 2.05) is 0 Å². The maximum atomic E-state index is 12.8. The van der Waals surface area contributed by atoms with Gasteiger partial charge in [0.25, 0.3) is 5.91 Å². The molecule has 0 spiro atoms. The normalized spacial score (nSPS) is 20.1. The summed E-state index contributed by atoms with van der Waals surface area (Å²) in [6, 6.07) is 3.50. The second-order valence-corrected chi connectivity index (χ2v) is 9.66. The van der Waals surface area contributed by atoms with Crippen LogP contribution in [0.15, 0.2) is 40.7 Å². The Labute approximate surface area is 206 Å². The minimum Gasteiger partial charge on any atom is -0.477 e. The van der Waals surface area contributed by atoms with E-state index >= 15 is 0 Å². The highest BCUT2D eigenvalue weighted by molar-refractivity contribution is 8.01. The van der Waals surface area contributed by atoms with Crippen molar-refractivity contribution in [1.82, 2.24) is 30.4 Å². The molecule has 0 bridgehead atoms. The number of nitrogens with two attached hydrogens (primary N) is 2. The molecule has 0 radical (unpaired) electrons. The lowest BCUT2D eigenvalue weighted by Crippen LogP contribution is -2.71. The van der Waals surface area contributed by atoms with Gasteiger partial charge in [0.15, 0.2) is 0 Å². The summed E-state index contributed by atoms with van der Waals surface area (Å²) in [5.74, 6) is -1.68. The number of urea groups is 1. The number of benzene rings is 1. The molecule has 35 heavy (non-hydrogen) atoms. The second-order valence-electron chi connectivity index (χ2n) is 7.62. The number of tetrazole rings is 1. The molecule has 2 aliphatic rings. The van der Waals surface area contributed by atoms with Crippen LogP contribution in [0.5, 0.6) is 0 Å². The Morgan fingerprint density at radius 1 is 1.31 bits per heavy atom. The zero-order valence-corrected chi connectivity index (χ0v) is 19.9. The van der Waals surface area contributed by atoms with Crippen molar-refractivity contribution in [3.05, 3.63) is 41.1 Å². The number of nitrogens with one attached hydrogen (secondary N) is 2. The Hall–Kier alpha value is -3.63. The quantitative estimate of drug-likeness (QED) is 0.216. The zero-order valence-electron chi connectivity index (χ0n) is 18.2. The third-order valence-corrected chi connectivity index (χ3v) is 7.76. The fraction of sp³-hybridized carbons (Fsp3) is 0.316. The third kappa shape index (κ3) is 4.94. The van der Waals surface area contributed by atoms with Crippen LogP contribution in [0.1, 0.15) is 11.6 Å². The number of anilines is 1. The van der Waals surface area contributed by atoms with Crippen LogP contribution in [0, 0.1) is 0 Å². The van der Waals surface area contributed by atoms with E-state index in [-0.39, 0.29) is 5.70 Å². The van der Waals surface area contributed by atoms with Gasteiger partial charge in [-0.3, -0.25) is 14.5 Å². The highest BCUT2D eigenvalue weighted by atomic mass is 32.2. The van der Waals surface area contributed by atoms with Crippen LogP contribution < -0.4 is 22.1 Å². The van der Waals surface area contributed by atoms with E-state index in [2.05, 4.69) is 26.2 Å². The smallest absolute Gasteiger partial charge is 0.352 e. The summed E-state index contributed by atoms with van der Waals surface area (Å²) >= 11 is 2.62. The number of aryl methyl sites for hydroxylation is 1. The van der Waals surface area contributed by atoms with Crippen molar-refractivity contribution >= 4 is 53.0 Å². The summed E-state index contributed by atoms with van der Waals surface area (Å²) in [5, 5.41) is 25.9. The summed E-state index contributed by atoms with van der Waals surface area (Å²) in [4.78, 5) is 49.7. The highest BCUT2D eigenvalue weighted by Gasteiger charge is 2.54. The molecular formula is C19H21N9O5S2. The van der Waals surface area contributed by atoms with Gasteiger partial charge in [-0.25, -0.2) is 14.3 Å². The summed E-state index contributed by atoms with van der Waals surface area (Å²) in [7, 11) is 1.67. The topological polar surface area (TPSA) is 211 Å². The number of primary amides is 1. The molecule has 1 aromatic heterocycles. The minimum absolute atomic E-state index is 0.0892. The number of nitrogens with zero attached hydrogens (tertiary/aromatic N) is 5. The highest BCUT2D eigenvalue weighted by Crippen LogP contribution is 2.41. The van der Waals surface area contributed by atoms with E-state index in [0.29, 0.717) is 33.5 Å². The molecule has 2 aromatic rings. The first-order chi connectivity index (χ1) is 16.7. The van der Waals surface area contributed by atoms with Crippen LogP contribution in [0.4, 0.5) is 10.5 Å². The third-order valence-electron chi connectivity index (χ3n) is 5.32. The molecule has 4 amide bonds. The molecule has 1 saturated heterocycles. The average Bonchev–Trinajstić information content (AvgIpc) is 3.24. The van der Waals surface area contributed by atoms with Gasteiger partial charge in [0.05, 0.1) is 0 Å². The van der Waals surface area contributed by atoms with Crippen LogP contribution in [0.2, 0.25) is 0 Å². The molecule has 3 atom stereocenters. The number of carboxylic acids is 1. The van der Waals surface area contributed by atoms with E-state index in [0.717, 1.165) is 0 Å². The number of amides is 4. The Balaban J connectivity index is 1.42. The lowest BCUT2D eigenvalue weighted by atomic mass is 10.0. The summed E-state index contributed by atoms with van der Waals surface area (Å²) in [6.45, 7) is 0. The largest absolute Gasteiger partial charge is 0.477 e. The first-order valence-corrected chi connectivity index (χ1v) is 12.2. The van der Waals surface area contributed by atoms with Crippen molar-refractivity contribution in [3.8, 4) is 0 Å². The van der Waals surface area contributed by atoms with E-state index < -0.39 is 41.3 Å². The van der Waals surface area contributed by atoms with Crippen molar-refractivity contribution in [1.29, 1.82) is 0 Å². The first-order valence-electron chi connectivity index (χ1n) is 10.1. The van der Waals surface area contributed by atoms with Crippen molar-refractivity contribution in [2.75, 3.05) is 16.8 Å². The van der Waals surface area contributed by atoms with Crippen LogP contribution in [-0.4, -0.2) is 76.9 Å². The standard InChI is InChI=1S/C19H21N9O5S2/c1-27-19(24-25-26-27)35-7-9-6-34-16-12(15(30)28(16)13(9)17(31)32)23-14(29)11(20)8-2-4-10(5-3-8)22-18(21)33/h2-5,11-12,16H,6-7,20H2,1H3,(H,23,29)(H,31,32)(H3,21,22,33)/t11?,12?,16-/m1/s1. The molecule has 2 unspecified atom stereocenters. The molecule has 184 valence electrons. The van der Waals surface area contributed by atoms with Crippen LogP contribution in [-0.2, 0) is 21.4 Å². The van der Waals surface area contributed by atoms with Crippen LogP contribution in [0.25, 0.3) is 0 Å². The Morgan fingerprint density at radius 2 is 2.03 bits per heavy atom. The molecule has 1 aromatic carbocycles. The lowest BCUT2D eigenvalue weighted by molar-refractivity contribution is -0.150. The number of rotatable bonds is 8. The van der Waals surface area contributed by atoms with E-state index in [4.69, 9.17) is 11.5 Å². The van der Waals surface area contributed by atoms with Gasteiger partial charge < -0.3 is 27.2 Å². The zero-order chi connectivity index (χ0) is 25.3. The van der Waals surface area contributed by atoms with Gasteiger partial charge in [-0.05, 0) is 33.7 Å². The molecule has 7 N–H and O–H groups in total. The van der Waals surface area contributed by atoms with E-state index in [1.54, 1.807) is 31.3 Å². The number of thioether (sulfide) groups is 2. The monoisotopic (exact) mass is 519 g/mol. The first kappa shape index (κ1) is 24.5. The van der Waals surface area contributed by atoms with Crippen LogP contribution >= 0.6 is 23.5 Å². The summed E-state index contributed by atoms with van der Waals surface area (Å²) < 4.78 is 1.47. The Bertz CT molecular complexity index is 1220. The van der Waals surface area contributed by atoms with E-state index in [9.17, 15) is 24.3 Å². The molecule has 16 heteroatoms. The lowest BCUT2D eigenvalue weighted by Gasteiger charge is -2.49. The van der Waals surface area contributed by atoms with Gasteiger partial charge in [-0.2, -0.15) is 0 Å². The number of carboxylic acid groups (broad SMARTS) is 1. The van der Waals surface area contributed by atoms with Gasteiger partial charge in [0.1, 0.15) is 23.2 Å². The van der Waals surface area contributed by atoms with Gasteiger partial charge in [0.2, 0.25) is 11.1 Å². The number of hydrogen-bond donors (Lipinski definition) is 5. The van der Waals surface area contributed by atoms with Gasteiger partial charge in [0, 0.05) is 24.2 Å². The summed E-state index contributed by atoms with van der Waals surface area (Å²) in [5.41, 5.74) is 12.5. The number of aliphatic carboxylic acids is 1. The van der Waals surface area contributed by atoms with Crippen molar-refractivity contribution in [2.24, 2.45) is 18.5 Å². The minimum atomic E-state index is -1.22.